The van der Waals surface area contributed by atoms with E-state index in [0.717, 1.165) is 72.5 Å². The molecule has 1 aromatic carbocycles. The first-order valence-electron chi connectivity index (χ1n) is 11.9. The number of benzene rings is 1. The van der Waals surface area contributed by atoms with E-state index in [1.807, 2.05) is 12.1 Å². The Bertz CT molecular complexity index is 1340. The summed E-state index contributed by atoms with van der Waals surface area (Å²) in [5.74, 6) is 3.32. The minimum absolute atomic E-state index is 0.213. The van der Waals surface area contributed by atoms with Crippen LogP contribution in [0.3, 0.4) is 0 Å². The largest absolute Gasteiger partial charge is 0.480 e. The highest BCUT2D eigenvalue weighted by molar-refractivity contribution is 6.36. The van der Waals surface area contributed by atoms with Crippen LogP contribution in [0.5, 0.6) is 5.88 Å². The lowest BCUT2D eigenvalue weighted by Gasteiger charge is -2.30. The lowest BCUT2D eigenvalue weighted by molar-refractivity contribution is 0.399. The van der Waals surface area contributed by atoms with Crippen molar-refractivity contribution in [1.29, 1.82) is 0 Å². The third kappa shape index (κ3) is 3.77. The van der Waals surface area contributed by atoms with Gasteiger partial charge in [0.1, 0.15) is 17.5 Å². The minimum atomic E-state index is 0.213. The fourth-order valence-corrected chi connectivity index (χ4v) is 4.89. The van der Waals surface area contributed by atoms with Crippen molar-refractivity contribution in [2.24, 2.45) is 4.99 Å². The van der Waals surface area contributed by atoms with Gasteiger partial charge in [0.15, 0.2) is 0 Å². The van der Waals surface area contributed by atoms with E-state index in [4.69, 9.17) is 20.4 Å². The topological polar surface area (TPSA) is 105 Å². The van der Waals surface area contributed by atoms with Crippen molar-refractivity contribution >= 4 is 35.1 Å². The highest BCUT2D eigenvalue weighted by Gasteiger charge is 2.33. The first-order valence-corrected chi connectivity index (χ1v) is 11.9. The Kier molecular flexibility index (Phi) is 5.33. The summed E-state index contributed by atoms with van der Waals surface area (Å²) in [6.07, 6.45) is 2.12. The van der Waals surface area contributed by atoms with E-state index in [1.165, 1.54) is 5.56 Å². The molecule has 1 saturated heterocycles. The van der Waals surface area contributed by atoms with Gasteiger partial charge in [-0.2, -0.15) is 9.97 Å². The molecule has 0 amide bonds. The van der Waals surface area contributed by atoms with E-state index in [1.54, 1.807) is 7.11 Å². The van der Waals surface area contributed by atoms with Crippen LogP contribution in [0, 0.1) is 6.92 Å². The number of nitrogens with one attached hydrogen (secondary N) is 1. The van der Waals surface area contributed by atoms with Crippen molar-refractivity contribution in [2.45, 2.75) is 6.92 Å². The highest BCUT2D eigenvalue weighted by Crippen LogP contribution is 2.41. The number of aliphatic imine (C=N–C) groups is 1. The van der Waals surface area contributed by atoms with E-state index < -0.39 is 0 Å². The Morgan fingerprint density at radius 3 is 2.54 bits per heavy atom. The summed E-state index contributed by atoms with van der Waals surface area (Å²) in [6, 6.07) is 12.6. The van der Waals surface area contributed by atoms with Gasteiger partial charge in [0.05, 0.1) is 24.9 Å². The third-order valence-corrected chi connectivity index (χ3v) is 6.67. The molecule has 9 nitrogen and oxygen atoms in total. The van der Waals surface area contributed by atoms with E-state index in [9.17, 15) is 0 Å². The van der Waals surface area contributed by atoms with E-state index in [2.05, 4.69) is 62.3 Å². The van der Waals surface area contributed by atoms with Gasteiger partial charge in [0.25, 0.3) is 0 Å². The minimum Gasteiger partial charge on any atom is -0.480 e. The highest BCUT2D eigenvalue weighted by atomic mass is 16.5. The van der Waals surface area contributed by atoms with E-state index in [-0.39, 0.29) is 5.95 Å². The Labute approximate surface area is 204 Å². The SMILES string of the molecule is COc1nc(N2CCNCC2)ccc1-c1nc(N)nc2c1C=C(c1ccc(C)cc1)C1=NCCN12. The Morgan fingerprint density at radius 2 is 1.77 bits per heavy atom. The second-order valence-corrected chi connectivity index (χ2v) is 8.91. The van der Waals surface area contributed by atoms with Gasteiger partial charge >= 0.3 is 0 Å². The molecule has 3 aliphatic rings. The normalized spacial score (nSPS) is 17.0. The molecule has 9 heteroatoms. The number of hydrogen-bond acceptors (Lipinski definition) is 9. The van der Waals surface area contributed by atoms with Gasteiger partial charge in [0.2, 0.25) is 11.8 Å². The number of pyridine rings is 1. The second-order valence-electron chi connectivity index (χ2n) is 8.91. The number of piperazine rings is 1. The predicted octanol–water partition coefficient (Wildman–Crippen LogP) is 2.62. The Balaban J connectivity index is 1.51. The molecular formula is C26H28N8O. The standard InChI is InChI=1S/C26H28N8O/c1-16-3-5-17(6-4-16)19-15-20-22(31-26(27)32-24(20)34-14-11-29-23(19)34)18-7-8-21(30-25(18)35-2)33-12-9-28-10-13-33/h3-8,15,28H,9-14H2,1-2H3,(H2,27,31,32). The molecular weight excluding hydrogens is 440 g/mol. The number of hydrogen-bond donors (Lipinski definition) is 2. The lowest BCUT2D eigenvalue weighted by Crippen LogP contribution is -2.43. The van der Waals surface area contributed by atoms with Crippen molar-refractivity contribution in [3.63, 3.8) is 0 Å². The van der Waals surface area contributed by atoms with Crippen LogP contribution in [-0.2, 0) is 0 Å². The molecule has 0 bridgehead atoms. The molecule has 0 unspecified atom stereocenters. The summed E-state index contributed by atoms with van der Waals surface area (Å²) in [5.41, 5.74) is 12.0. The zero-order valence-electron chi connectivity index (χ0n) is 20.0. The number of nitrogen functional groups attached to an aromatic ring is 1. The van der Waals surface area contributed by atoms with Gasteiger partial charge in [-0.05, 0) is 30.7 Å². The predicted molar refractivity (Wildman–Crippen MR) is 140 cm³/mol. The summed E-state index contributed by atoms with van der Waals surface area (Å²) in [5, 5.41) is 3.38. The number of anilines is 3. The van der Waals surface area contributed by atoms with Crippen LogP contribution in [0.1, 0.15) is 16.7 Å². The van der Waals surface area contributed by atoms with Crippen LogP contribution in [0.4, 0.5) is 17.6 Å². The van der Waals surface area contributed by atoms with Crippen molar-refractivity contribution < 1.29 is 4.74 Å². The van der Waals surface area contributed by atoms with Crippen molar-refractivity contribution in [1.82, 2.24) is 20.3 Å². The molecule has 35 heavy (non-hydrogen) atoms. The zero-order chi connectivity index (χ0) is 23.9. The fraction of sp³-hybridized carbons (Fsp3) is 0.308. The van der Waals surface area contributed by atoms with Crippen LogP contribution in [0.25, 0.3) is 22.9 Å². The van der Waals surface area contributed by atoms with E-state index >= 15 is 0 Å². The Morgan fingerprint density at radius 1 is 0.971 bits per heavy atom. The molecule has 0 spiro atoms. The molecule has 0 radical (unpaired) electrons. The molecule has 0 aliphatic carbocycles. The van der Waals surface area contributed by atoms with Crippen LogP contribution in [-0.4, -0.2) is 67.2 Å². The summed E-state index contributed by atoms with van der Waals surface area (Å²) in [7, 11) is 1.64. The number of aryl methyl sites for hydroxylation is 1. The zero-order valence-corrected chi connectivity index (χ0v) is 20.0. The van der Waals surface area contributed by atoms with Crippen molar-refractivity contribution in [3.05, 3.63) is 53.1 Å². The molecule has 3 N–H and O–H groups in total. The van der Waals surface area contributed by atoms with Gasteiger partial charge in [0, 0.05) is 43.9 Å². The van der Waals surface area contributed by atoms with Crippen LogP contribution in [0.15, 0.2) is 41.4 Å². The number of rotatable bonds is 4. The molecule has 5 heterocycles. The average molecular weight is 469 g/mol. The van der Waals surface area contributed by atoms with Crippen LogP contribution >= 0.6 is 0 Å². The first kappa shape index (κ1) is 21.5. The summed E-state index contributed by atoms with van der Waals surface area (Å²) < 4.78 is 5.76. The van der Waals surface area contributed by atoms with Crippen LogP contribution < -0.4 is 25.6 Å². The number of methoxy groups -OCH3 is 1. The smallest absolute Gasteiger partial charge is 0.224 e. The quantitative estimate of drug-likeness (QED) is 0.602. The summed E-state index contributed by atoms with van der Waals surface area (Å²) in [4.78, 5) is 23.3. The lowest BCUT2D eigenvalue weighted by atomic mass is 9.95. The molecule has 6 rings (SSSR count). The summed E-state index contributed by atoms with van der Waals surface area (Å²) >= 11 is 0. The molecule has 3 aliphatic heterocycles. The van der Waals surface area contributed by atoms with Gasteiger partial charge in [-0.25, -0.2) is 4.98 Å². The maximum atomic E-state index is 6.22. The molecule has 2 aromatic heterocycles. The first-order chi connectivity index (χ1) is 17.1. The monoisotopic (exact) mass is 468 g/mol. The molecule has 0 saturated carbocycles. The molecule has 0 atom stereocenters. The third-order valence-electron chi connectivity index (χ3n) is 6.67. The van der Waals surface area contributed by atoms with Gasteiger partial charge in [-0.15, -0.1) is 0 Å². The Hall–Kier alpha value is -3.98. The number of ether oxygens (including phenoxy) is 1. The molecule has 1 fully saturated rings. The number of nitrogens with zero attached hydrogens (tertiary/aromatic N) is 6. The molecule has 3 aromatic rings. The number of aromatic nitrogens is 3. The van der Waals surface area contributed by atoms with E-state index in [0.29, 0.717) is 18.1 Å². The van der Waals surface area contributed by atoms with Crippen LogP contribution in [0.2, 0.25) is 0 Å². The average Bonchev–Trinajstić information content (AvgIpc) is 3.39. The van der Waals surface area contributed by atoms with Gasteiger partial charge < -0.3 is 25.6 Å². The number of amidine groups is 1. The summed E-state index contributed by atoms with van der Waals surface area (Å²) in [6.45, 7) is 7.24. The number of fused-ring (bicyclic) bond motifs is 3. The van der Waals surface area contributed by atoms with Gasteiger partial charge in [-0.1, -0.05) is 29.8 Å². The maximum Gasteiger partial charge on any atom is 0.224 e. The van der Waals surface area contributed by atoms with Crippen molar-refractivity contribution in [3.8, 4) is 17.1 Å². The fourth-order valence-electron chi connectivity index (χ4n) is 4.89. The molecule has 178 valence electrons. The second kappa shape index (κ2) is 8.66. The maximum absolute atomic E-state index is 6.22. The van der Waals surface area contributed by atoms with Gasteiger partial charge in [-0.3, -0.25) is 4.99 Å². The number of nitrogens with two attached hydrogens (primary N) is 1. The van der Waals surface area contributed by atoms with Crippen molar-refractivity contribution in [2.75, 3.05) is 61.9 Å².